The van der Waals surface area contributed by atoms with Crippen LogP contribution in [0.2, 0.25) is 15.1 Å². The molecular weight excluding hydrogens is 389 g/mol. The zero-order valence-corrected chi connectivity index (χ0v) is 14.7. The van der Waals surface area contributed by atoms with Gasteiger partial charge in [-0.1, -0.05) is 52.1 Å². The zero-order chi connectivity index (χ0) is 18.0. The molecule has 1 aromatic heterocycles. The highest BCUT2D eigenvalue weighted by atomic mass is 35.5. The first kappa shape index (κ1) is 17.5. The van der Waals surface area contributed by atoms with E-state index in [1.165, 1.54) is 12.1 Å². The summed E-state index contributed by atoms with van der Waals surface area (Å²) in [5, 5.41) is 8.87. The van der Waals surface area contributed by atoms with Crippen molar-refractivity contribution in [2.45, 2.75) is 6.54 Å². The number of carbonyl (C=O) groups excluding carboxylic acids is 1. The van der Waals surface area contributed by atoms with Crippen molar-refractivity contribution in [3.63, 3.8) is 0 Å². The van der Waals surface area contributed by atoms with E-state index in [0.29, 0.717) is 15.9 Å². The molecule has 3 rings (SSSR count). The lowest BCUT2D eigenvalue weighted by atomic mass is 10.2. The van der Waals surface area contributed by atoms with Crippen LogP contribution >= 0.6 is 34.8 Å². The molecule has 1 heterocycles. The van der Waals surface area contributed by atoms with Crippen molar-refractivity contribution in [3.05, 3.63) is 61.8 Å². The summed E-state index contributed by atoms with van der Waals surface area (Å²) in [6, 6.07) is 9.69. The Morgan fingerprint density at radius 2 is 1.80 bits per heavy atom. The number of hydrazine groups is 1. The molecule has 0 aliphatic carbocycles. The normalized spacial score (nSPS) is 10.7. The summed E-state index contributed by atoms with van der Waals surface area (Å²) < 4.78 is 0.963. The van der Waals surface area contributed by atoms with Crippen LogP contribution in [-0.2, 0) is 11.3 Å². The van der Waals surface area contributed by atoms with Gasteiger partial charge in [-0.2, -0.15) is 0 Å². The van der Waals surface area contributed by atoms with Crippen LogP contribution in [0.4, 0.5) is 5.69 Å². The van der Waals surface area contributed by atoms with Crippen molar-refractivity contribution >= 4 is 57.3 Å². The fourth-order valence-corrected chi connectivity index (χ4v) is 3.01. The number of halogens is 3. The second-order valence-corrected chi connectivity index (χ2v) is 6.24. The number of anilines is 1. The van der Waals surface area contributed by atoms with Crippen LogP contribution < -0.4 is 16.4 Å². The number of nitrogens with one attached hydrogen (secondary N) is 2. The smallest absolute Gasteiger partial charge is 0.278 e. The van der Waals surface area contributed by atoms with Crippen LogP contribution in [0.15, 0.2) is 41.2 Å². The van der Waals surface area contributed by atoms with Crippen LogP contribution in [0, 0.1) is 0 Å². The molecule has 0 aliphatic rings. The van der Waals surface area contributed by atoms with Crippen molar-refractivity contribution in [2.75, 3.05) is 5.43 Å². The lowest BCUT2D eigenvalue weighted by Crippen LogP contribution is -2.37. The van der Waals surface area contributed by atoms with Gasteiger partial charge in [-0.3, -0.25) is 20.4 Å². The summed E-state index contributed by atoms with van der Waals surface area (Å²) in [6.07, 6.45) is 0. The predicted octanol–water partition coefficient (Wildman–Crippen LogP) is 2.90. The molecule has 1 amide bonds. The lowest BCUT2D eigenvalue weighted by Gasteiger charge is -2.12. The monoisotopic (exact) mass is 397 g/mol. The molecule has 2 N–H and O–H groups in total. The first-order chi connectivity index (χ1) is 12.0. The molecular formula is C15H10Cl3N5O2. The van der Waals surface area contributed by atoms with Crippen LogP contribution in [0.25, 0.3) is 10.9 Å². The summed E-state index contributed by atoms with van der Waals surface area (Å²) in [4.78, 5) is 24.3. The van der Waals surface area contributed by atoms with Crippen molar-refractivity contribution in [3.8, 4) is 0 Å². The minimum atomic E-state index is -0.534. The average Bonchev–Trinajstić information content (AvgIpc) is 2.56. The van der Waals surface area contributed by atoms with Crippen LogP contribution in [0.5, 0.6) is 0 Å². The SMILES string of the molecule is O=C(Cn1nnc2ccccc2c1=O)NNc1c(Cl)cc(Cl)cc1Cl. The minimum absolute atomic E-state index is 0.237. The summed E-state index contributed by atoms with van der Waals surface area (Å²) in [6.45, 7) is -0.327. The molecule has 7 nitrogen and oxygen atoms in total. The number of carbonyl (C=O) groups is 1. The Labute approximate surface area is 156 Å². The molecule has 0 aliphatic heterocycles. The molecule has 0 radical (unpaired) electrons. The number of rotatable bonds is 4. The standard InChI is InChI=1S/C15H10Cl3N5O2/c16-8-5-10(17)14(11(18)6-8)21-20-13(24)7-23-15(25)9-3-1-2-4-12(9)19-22-23/h1-6,21H,7H2,(H,20,24). The molecule has 0 saturated carbocycles. The van der Waals surface area contributed by atoms with E-state index < -0.39 is 11.5 Å². The van der Waals surface area contributed by atoms with Gasteiger partial charge in [0.2, 0.25) is 0 Å². The molecule has 0 saturated heterocycles. The maximum atomic E-state index is 12.3. The first-order valence-electron chi connectivity index (χ1n) is 6.97. The molecule has 10 heteroatoms. The first-order valence-corrected chi connectivity index (χ1v) is 8.11. The van der Waals surface area contributed by atoms with Crippen molar-refractivity contribution < 1.29 is 4.79 Å². The predicted molar refractivity (Wildman–Crippen MR) is 97.0 cm³/mol. The third-order valence-electron chi connectivity index (χ3n) is 3.26. The topological polar surface area (TPSA) is 88.9 Å². The molecule has 2 aromatic carbocycles. The summed E-state index contributed by atoms with van der Waals surface area (Å²) in [5.41, 5.74) is 5.33. The maximum absolute atomic E-state index is 12.3. The fraction of sp³-hybridized carbons (Fsp3) is 0.0667. The van der Waals surface area contributed by atoms with E-state index in [1.54, 1.807) is 24.3 Å². The number of amides is 1. The van der Waals surface area contributed by atoms with Gasteiger partial charge >= 0.3 is 0 Å². The second-order valence-electron chi connectivity index (χ2n) is 4.99. The highest BCUT2D eigenvalue weighted by Crippen LogP contribution is 2.32. The summed E-state index contributed by atoms with van der Waals surface area (Å²) >= 11 is 17.8. The Balaban J connectivity index is 1.74. The molecule has 25 heavy (non-hydrogen) atoms. The molecule has 0 spiro atoms. The number of hydrogen-bond donors (Lipinski definition) is 2. The minimum Gasteiger partial charge on any atom is -0.296 e. The fourth-order valence-electron chi connectivity index (χ4n) is 2.10. The number of nitrogens with zero attached hydrogens (tertiary/aromatic N) is 3. The Morgan fingerprint density at radius 1 is 1.12 bits per heavy atom. The number of fused-ring (bicyclic) bond motifs is 1. The van der Waals surface area contributed by atoms with E-state index in [9.17, 15) is 9.59 Å². The number of hydrogen-bond acceptors (Lipinski definition) is 5. The molecule has 3 aromatic rings. The largest absolute Gasteiger partial charge is 0.296 e. The van der Waals surface area contributed by atoms with Gasteiger partial charge in [0, 0.05) is 5.02 Å². The summed E-state index contributed by atoms with van der Waals surface area (Å²) in [7, 11) is 0. The summed E-state index contributed by atoms with van der Waals surface area (Å²) in [5.74, 6) is -0.534. The quantitative estimate of drug-likeness (QED) is 0.660. The van der Waals surface area contributed by atoms with E-state index in [1.807, 2.05) is 0 Å². The zero-order valence-electron chi connectivity index (χ0n) is 12.5. The van der Waals surface area contributed by atoms with Gasteiger partial charge in [0.05, 0.1) is 21.1 Å². The molecule has 0 unspecified atom stereocenters. The van der Waals surface area contributed by atoms with E-state index in [4.69, 9.17) is 34.8 Å². The highest BCUT2D eigenvalue weighted by molar-refractivity contribution is 6.41. The third-order valence-corrected chi connectivity index (χ3v) is 4.07. The Morgan fingerprint density at radius 3 is 2.52 bits per heavy atom. The van der Waals surface area contributed by atoms with Gasteiger partial charge < -0.3 is 0 Å². The van der Waals surface area contributed by atoms with Crippen molar-refractivity contribution in [1.29, 1.82) is 0 Å². The third kappa shape index (κ3) is 3.84. The van der Waals surface area contributed by atoms with Gasteiger partial charge in [0.25, 0.3) is 11.5 Å². The van der Waals surface area contributed by atoms with E-state index in [0.717, 1.165) is 4.68 Å². The number of aromatic nitrogens is 3. The lowest BCUT2D eigenvalue weighted by molar-refractivity contribution is -0.121. The average molecular weight is 399 g/mol. The molecule has 0 atom stereocenters. The molecule has 0 bridgehead atoms. The van der Waals surface area contributed by atoms with Crippen molar-refractivity contribution in [2.24, 2.45) is 0 Å². The van der Waals surface area contributed by atoms with Gasteiger partial charge in [0.1, 0.15) is 12.1 Å². The van der Waals surface area contributed by atoms with E-state index in [2.05, 4.69) is 21.2 Å². The Hall–Kier alpha value is -2.35. The second kappa shape index (κ2) is 7.26. The van der Waals surface area contributed by atoms with Crippen LogP contribution in [0.1, 0.15) is 0 Å². The van der Waals surface area contributed by atoms with Crippen molar-refractivity contribution in [1.82, 2.24) is 20.4 Å². The molecule has 128 valence electrons. The molecule has 0 fully saturated rings. The van der Waals surface area contributed by atoms with E-state index >= 15 is 0 Å². The van der Waals surface area contributed by atoms with Crippen LogP contribution in [0.3, 0.4) is 0 Å². The van der Waals surface area contributed by atoms with Crippen LogP contribution in [-0.4, -0.2) is 20.9 Å². The Bertz CT molecular complexity index is 998. The highest BCUT2D eigenvalue weighted by Gasteiger charge is 2.11. The Kier molecular flexibility index (Phi) is 5.08. The van der Waals surface area contributed by atoms with E-state index in [-0.39, 0.29) is 22.3 Å². The van der Waals surface area contributed by atoms with Gasteiger partial charge in [-0.25, -0.2) is 4.68 Å². The van der Waals surface area contributed by atoms with Gasteiger partial charge in [-0.05, 0) is 24.3 Å². The number of benzene rings is 2. The van der Waals surface area contributed by atoms with Gasteiger partial charge in [-0.15, -0.1) is 5.10 Å². The van der Waals surface area contributed by atoms with Gasteiger partial charge in [0.15, 0.2) is 0 Å². The maximum Gasteiger partial charge on any atom is 0.278 e.